The summed E-state index contributed by atoms with van der Waals surface area (Å²) in [5, 5.41) is 8.59. The van der Waals surface area contributed by atoms with Crippen LogP contribution in [0.3, 0.4) is 0 Å². The molecule has 0 bridgehead atoms. The van der Waals surface area contributed by atoms with Gasteiger partial charge in [-0.25, -0.2) is 0 Å². The van der Waals surface area contributed by atoms with Crippen molar-refractivity contribution in [3.05, 3.63) is 0 Å². The zero-order valence-electron chi connectivity index (χ0n) is 11.6. The van der Waals surface area contributed by atoms with Crippen LogP contribution >= 0.6 is 0 Å². The number of likely N-dealkylation sites (tertiary alicyclic amines) is 1. The summed E-state index contributed by atoms with van der Waals surface area (Å²) < 4.78 is 0. The third-order valence-electron chi connectivity index (χ3n) is 4.59. The third kappa shape index (κ3) is 3.95. The fourth-order valence-corrected chi connectivity index (χ4v) is 3.63. The maximum absolute atomic E-state index is 12.3. The first-order chi connectivity index (χ1) is 9.18. The van der Waals surface area contributed by atoms with Gasteiger partial charge in [0.15, 0.2) is 0 Å². The maximum atomic E-state index is 12.3. The summed E-state index contributed by atoms with van der Waals surface area (Å²) in [6.07, 6.45) is 9.48. The molecular formula is C15H25NO3. The van der Waals surface area contributed by atoms with Crippen molar-refractivity contribution in [3.63, 3.8) is 0 Å². The lowest BCUT2D eigenvalue weighted by molar-refractivity contribution is -0.139. The van der Waals surface area contributed by atoms with Crippen LogP contribution < -0.4 is 0 Å². The lowest BCUT2D eigenvalue weighted by atomic mass is 9.78. The Balaban J connectivity index is 1.78. The number of carbonyl (C=O) groups is 2. The maximum Gasteiger partial charge on any atom is 0.303 e. The molecule has 1 aliphatic carbocycles. The number of carboxylic acid groups (broad SMARTS) is 1. The van der Waals surface area contributed by atoms with Crippen molar-refractivity contribution >= 4 is 11.9 Å². The Hall–Kier alpha value is -1.06. The number of hydrogen-bond donors (Lipinski definition) is 1. The number of aliphatic carboxylic acids is 1. The first-order valence-electron chi connectivity index (χ1n) is 7.70. The number of carboxylic acids is 1. The third-order valence-corrected chi connectivity index (χ3v) is 4.59. The molecule has 0 aromatic rings. The largest absolute Gasteiger partial charge is 0.481 e. The summed E-state index contributed by atoms with van der Waals surface area (Å²) in [5.74, 6) is 0.213. The average molecular weight is 267 g/mol. The Bertz CT molecular complexity index is 327. The molecule has 1 saturated carbocycles. The topological polar surface area (TPSA) is 57.6 Å². The van der Waals surface area contributed by atoms with Gasteiger partial charge < -0.3 is 10.0 Å². The Labute approximate surface area is 115 Å². The summed E-state index contributed by atoms with van der Waals surface area (Å²) in [4.78, 5) is 24.8. The van der Waals surface area contributed by atoms with Gasteiger partial charge in [-0.1, -0.05) is 12.8 Å². The molecule has 1 heterocycles. The van der Waals surface area contributed by atoms with Gasteiger partial charge in [0, 0.05) is 25.4 Å². The Morgan fingerprint density at radius 3 is 2.47 bits per heavy atom. The minimum atomic E-state index is -0.766. The van der Waals surface area contributed by atoms with Crippen LogP contribution in [0.5, 0.6) is 0 Å². The monoisotopic (exact) mass is 267 g/mol. The van der Waals surface area contributed by atoms with E-state index in [0.717, 1.165) is 18.9 Å². The smallest absolute Gasteiger partial charge is 0.303 e. The summed E-state index contributed by atoms with van der Waals surface area (Å²) in [7, 11) is 0. The molecule has 1 N–H and O–H groups in total. The van der Waals surface area contributed by atoms with E-state index in [-0.39, 0.29) is 12.3 Å². The molecule has 2 fully saturated rings. The van der Waals surface area contributed by atoms with Gasteiger partial charge in [0.1, 0.15) is 0 Å². The minimum absolute atomic E-state index is 0.180. The number of amides is 1. The Morgan fingerprint density at radius 1 is 1.00 bits per heavy atom. The molecule has 0 radical (unpaired) electrons. The summed E-state index contributed by atoms with van der Waals surface area (Å²) in [6, 6.07) is 0.481. The molecule has 0 aromatic carbocycles. The highest BCUT2D eigenvalue weighted by Crippen LogP contribution is 2.35. The molecule has 4 nitrogen and oxygen atoms in total. The van der Waals surface area contributed by atoms with Crippen molar-refractivity contribution in [3.8, 4) is 0 Å². The molecule has 2 aliphatic rings. The van der Waals surface area contributed by atoms with Crippen molar-refractivity contribution in [2.75, 3.05) is 6.54 Å². The highest BCUT2D eigenvalue weighted by Gasteiger charge is 2.35. The van der Waals surface area contributed by atoms with Gasteiger partial charge in [-0.05, 0) is 44.4 Å². The van der Waals surface area contributed by atoms with E-state index in [1.165, 1.54) is 32.1 Å². The second kappa shape index (κ2) is 6.92. The molecule has 2 atom stereocenters. The molecule has 2 rings (SSSR count). The molecule has 108 valence electrons. The number of hydrogen-bond acceptors (Lipinski definition) is 2. The standard InChI is InChI=1S/C15H25NO3/c17-14(9-3-4-10-15(18)19)16-11-5-7-12-6-1-2-8-13(12)16/h12-13H,1-11H2,(H,18,19). The lowest BCUT2D eigenvalue weighted by Crippen LogP contribution is -2.49. The van der Waals surface area contributed by atoms with E-state index in [1.54, 1.807) is 0 Å². The van der Waals surface area contributed by atoms with E-state index in [1.807, 2.05) is 0 Å². The first kappa shape index (κ1) is 14.4. The zero-order chi connectivity index (χ0) is 13.7. The molecule has 0 aromatic heterocycles. The number of nitrogens with zero attached hydrogens (tertiary/aromatic N) is 1. The van der Waals surface area contributed by atoms with E-state index in [0.29, 0.717) is 25.3 Å². The number of carbonyl (C=O) groups excluding carboxylic acids is 1. The second-order valence-corrected chi connectivity index (χ2v) is 5.94. The second-order valence-electron chi connectivity index (χ2n) is 5.94. The van der Waals surface area contributed by atoms with Gasteiger partial charge in [-0.2, -0.15) is 0 Å². The highest BCUT2D eigenvalue weighted by molar-refractivity contribution is 5.76. The Morgan fingerprint density at radius 2 is 1.68 bits per heavy atom. The quantitative estimate of drug-likeness (QED) is 0.779. The molecule has 1 aliphatic heterocycles. The van der Waals surface area contributed by atoms with Gasteiger partial charge >= 0.3 is 5.97 Å². The van der Waals surface area contributed by atoms with Gasteiger partial charge in [-0.3, -0.25) is 9.59 Å². The van der Waals surface area contributed by atoms with Crippen molar-refractivity contribution < 1.29 is 14.7 Å². The van der Waals surface area contributed by atoms with Crippen LogP contribution in [0.25, 0.3) is 0 Å². The van der Waals surface area contributed by atoms with E-state index in [2.05, 4.69) is 4.90 Å². The number of piperidine rings is 1. The molecule has 19 heavy (non-hydrogen) atoms. The van der Waals surface area contributed by atoms with Crippen LogP contribution in [0.4, 0.5) is 0 Å². The van der Waals surface area contributed by atoms with E-state index in [4.69, 9.17) is 5.11 Å². The molecule has 2 unspecified atom stereocenters. The van der Waals surface area contributed by atoms with Gasteiger partial charge in [0.2, 0.25) is 5.91 Å². The zero-order valence-corrected chi connectivity index (χ0v) is 11.6. The van der Waals surface area contributed by atoms with Crippen molar-refractivity contribution in [2.24, 2.45) is 5.92 Å². The van der Waals surface area contributed by atoms with Crippen LogP contribution in [0.15, 0.2) is 0 Å². The Kier molecular flexibility index (Phi) is 5.23. The van der Waals surface area contributed by atoms with Gasteiger partial charge in [0.25, 0.3) is 0 Å². The van der Waals surface area contributed by atoms with Crippen LogP contribution in [-0.2, 0) is 9.59 Å². The van der Waals surface area contributed by atoms with E-state index in [9.17, 15) is 9.59 Å². The molecule has 0 spiro atoms. The minimum Gasteiger partial charge on any atom is -0.481 e. The predicted octanol–water partition coefficient (Wildman–Crippen LogP) is 2.81. The van der Waals surface area contributed by atoms with Crippen LogP contribution in [-0.4, -0.2) is 34.5 Å². The molecule has 1 amide bonds. The SMILES string of the molecule is O=C(O)CCCCC(=O)N1CCCC2CCCCC21. The molecule has 4 heteroatoms. The van der Waals surface area contributed by atoms with Gasteiger partial charge in [0.05, 0.1) is 0 Å². The molecule has 1 saturated heterocycles. The summed E-state index contributed by atoms with van der Waals surface area (Å²) >= 11 is 0. The fraction of sp³-hybridized carbons (Fsp3) is 0.867. The van der Waals surface area contributed by atoms with Crippen LogP contribution in [0.1, 0.15) is 64.2 Å². The average Bonchev–Trinajstić information content (AvgIpc) is 2.42. The number of rotatable bonds is 5. The predicted molar refractivity (Wildman–Crippen MR) is 72.8 cm³/mol. The number of unbranched alkanes of at least 4 members (excludes halogenated alkanes) is 1. The van der Waals surface area contributed by atoms with Crippen molar-refractivity contribution in [1.29, 1.82) is 0 Å². The first-order valence-corrected chi connectivity index (χ1v) is 7.70. The van der Waals surface area contributed by atoms with Crippen molar-refractivity contribution in [2.45, 2.75) is 70.3 Å². The fourth-order valence-electron chi connectivity index (χ4n) is 3.63. The van der Waals surface area contributed by atoms with Gasteiger partial charge in [-0.15, -0.1) is 0 Å². The van der Waals surface area contributed by atoms with Crippen LogP contribution in [0, 0.1) is 5.92 Å². The van der Waals surface area contributed by atoms with E-state index >= 15 is 0 Å². The molecular weight excluding hydrogens is 242 g/mol. The number of fused-ring (bicyclic) bond motifs is 1. The van der Waals surface area contributed by atoms with Crippen molar-refractivity contribution in [1.82, 2.24) is 4.90 Å². The summed E-state index contributed by atoms with van der Waals surface area (Å²) in [6.45, 7) is 0.916. The van der Waals surface area contributed by atoms with Crippen LogP contribution in [0.2, 0.25) is 0 Å². The lowest BCUT2D eigenvalue weighted by Gasteiger charge is -2.44. The van der Waals surface area contributed by atoms with E-state index < -0.39 is 5.97 Å². The highest BCUT2D eigenvalue weighted by atomic mass is 16.4. The normalized spacial score (nSPS) is 26.8. The summed E-state index contributed by atoms with van der Waals surface area (Å²) in [5.41, 5.74) is 0.